The van der Waals surface area contributed by atoms with E-state index in [1.54, 1.807) is 0 Å². The summed E-state index contributed by atoms with van der Waals surface area (Å²) in [7, 11) is 0. The minimum Gasteiger partial charge on any atom is -0.339 e. The second-order valence-corrected chi connectivity index (χ2v) is 7.38. The second kappa shape index (κ2) is 4.83. The Hall–Kier alpha value is -0.900. The van der Waals surface area contributed by atoms with E-state index < -0.39 is 0 Å². The van der Waals surface area contributed by atoms with E-state index >= 15 is 0 Å². The third kappa shape index (κ3) is 2.09. The van der Waals surface area contributed by atoms with Crippen LogP contribution in [0.25, 0.3) is 0 Å². The lowest BCUT2D eigenvalue weighted by atomic mass is 9.52. The van der Waals surface area contributed by atoms with Crippen molar-refractivity contribution in [3.63, 3.8) is 0 Å². The summed E-state index contributed by atoms with van der Waals surface area (Å²) in [6, 6.07) is 0.152. The lowest BCUT2D eigenvalue weighted by molar-refractivity contribution is -0.0131. The van der Waals surface area contributed by atoms with Crippen molar-refractivity contribution in [3.8, 4) is 0 Å². The van der Waals surface area contributed by atoms with Gasteiger partial charge in [-0.1, -0.05) is 12.1 Å². The monoisotopic (exact) mass is 275 g/mol. The van der Waals surface area contributed by atoms with Crippen molar-refractivity contribution in [2.24, 2.45) is 29.4 Å². The SMILES string of the molecule is CCC(N)Cc1noc(C2C3CC4CC(C3)CC2C4)n1. The van der Waals surface area contributed by atoms with Crippen LogP contribution in [0.3, 0.4) is 0 Å². The first-order chi connectivity index (χ1) is 9.72. The van der Waals surface area contributed by atoms with Crippen LogP contribution >= 0.6 is 0 Å². The lowest BCUT2D eigenvalue weighted by Gasteiger charge is -2.53. The molecule has 1 unspecified atom stereocenters. The molecule has 0 aromatic carbocycles. The van der Waals surface area contributed by atoms with Crippen LogP contribution in [0.4, 0.5) is 0 Å². The summed E-state index contributed by atoms with van der Waals surface area (Å²) in [6.07, 6.45) is 8.76. The first-order valence-electron chi connectivity index (χ1n) is 8.31. The molecule has 0 aliphatic heterocycles. The number of aromatic nitrogens is 2. The molecule has 4 bridgehead atoms. The van der Waals surface area contributed by atoms with Gasteiger partial charge >= 0.3 is 0 Å². The molecule has 0 spiro atoms. The maximum atomic E-state index is 5.99. The molecule has 4 saturated carbocycles. The van der Waals surface area contributed by atoms with E-state index in [4.69, 9.17) is 10.3 Å². The number of nitrogens with zero attached hydrogens (tertiary/aromatic N) is 2. The highest BCUT2D eigenvalue weighted by Gasteiger charge is 2.50. The fraction of sp³-hybridized carbons (Fsp3) is 0.875. The third-order valence-electron chi connectivity index (χ3n) is 5.96. The molecular weight excluding hydrogens is 250 g/mol. The summed E-state index contributed by atoms with van der Waals surface area (Å²) >= 11 is 0. The molecule has 4 heteroatoms. The van der Waals surface area contributed by atoms with Crippen LogP contribution in [-0.2, 0) is 6.42 Å². The van der Waals surface area contributed by atoms with Gasteiger partial charge in [-0.2, -0.15) is 4.98 Å². The number of rotatable bonds is 4. The highest BCUT2D eigenvalue weighted by molar-refractivity contribution is 5.09. The van der Waals surface area contributed by atoms with Gasteiger partial charge in [0.25, 0.3) is 0 Å². The predicted molar refractivity (Wildman–Crippen MR) is 76.1 cm³/mol. The Balaban J connectivity index is 1.53. The Morgan fingerprint density at radius 3 is 2.40 bits per heavy atom. The van der Waals surface area contributed by atoms with Gasteiger partial charge in [-0.3, -0.25) is 0 Å². The summed E-state index contributed by atoms with van der Waals surface area (Å²) in [4.78, 5) is 4.69. The van der Waals surface area contributed by atoms with Gasteiger partial charge in [0, 0.05) is 18.4 Å². The molecule has 4 nitrogen and oxygen atoms in total. The average Bonchev–Trinajstić information content (AvgIpc) is 2.85. The molecule has 4 aliphatic carbocycles. The molecule has 110 valence electrons. The van der Waals surface area contributed by atoms with Crippen molar-refractivity contribution in [2.45, 2.75) is 63.8 Å². The standard InChI is InChI=1S/C16H25N3O/c1-2-13(17)8-14-18-16(20-19-14)15-11-4-9-3-10(6-11)7-12(15)5-9/h9-13,15H,2-8,17H2,1H3. The summed E-state index contributed by atoms with van der Waals surface area (Å²) in [5, 5.41) is 4.17. The zero-order valence-electron chi connectivity index (χ0n) is 12.3. The fourth-order valence-corrected chi connectivity index (χ4v) is 5.19. The first kappa shape index (κ1) is 12.8. The van der Waals surface area contributed by atoms with Crippen LogP contribution in [0, 0.1) is 23.7 Å². The van der Waals surface area contributed by atoms with E-state index in [-0.39, 0.29) is 6.04 Å². The lowest BCUT2D eigenvalue weighted by Crippen LogP contribution is -2.43. The molecular formula is C16H25N3O. The van der Waals surface area contributed by atoms with Crippen LogP contribution in [0.5, 0.6) is 0 Å². The van der Waals surface area contributed by atoms with Gasteiger partial charge in [0.1, 0.15) is 0 Å². The minimum absolute atomic E-state index is 0.152. The van der Waals surface area contributed by atoms with Gasteiger partial charge < -0.3 is 10.3 Å². The third-order valence-corrected chi connectivity index (χ3v) is 5.96. The Morgan fingerprint density at radius 1 is 1.15 bits per heavy atom. The molecule has 2 N–H and O–H groups in total. The van der Waals surface area contributed by atoms with Gasteiger partial charge in [-0.05, 0) is 62.2 Å². The Kier molecular flexibility index (Phi) is 3.09. The first-order valence-corrected chi connectivity index (χ1v) is 8.31. The summed E-state index contributed by atoms with van der Waals surface area (Å²) in [5.74, 6) is 5.86. The topological polar surface area (TPSA) is 64.9 Å². The Morgan fingerprint density at radius 2 is 1.80 bits per heavy atom. The quantitative estimate of drug-likeness (QED) is 0.917. The number of hydrogen-bond donors (Lipinski definition) is 1. The molecule has 20 heavy (non-hydrogen) atoms. The smallest absolute Gasteiger partial charge is 0.230 e. The molecule has 4 aliphatic rings. The zero-order chi connectivity index (χ0) is 13.7. The molecule has 1 atom stereocenters. The Labute approximate surface area is 120 Å². The van der Waals surface area contributed by atoms with Gasteiger partial charge in [0.2, 0.25) is 5.89 Å². The molecule has 1 aromatic rings. The van der Waals surface area contributed by atoms with Crippen LogP contribution in [-0.4, -0.2) is 16.2 Å². The van der Waals surface area contributed by atoms with Gasteiger partial charge in [0.05, 0.1) is 0 Å². The van der Waals surface area contributed by atoms with Crippen molar-refractivity contribution in [1.82, 2.24) is 10.1 Å². The van der Waals surface area contributed by atoms with Crippen LogP contribution in [0.15, 0.2) is 4.52 Å². The Bertz CT molecular complexity index is 456. The fourth-order valence-electron chi connectivity index (χ4n) is 5.19. The van der Waals surface area contributed by atoms with Crippen molar-refractivity contribution < 1.29 is 4.52 Å². The highest BCUT2D eigenvalue weighted by Crippen LogP contribution is 2.59. The summed E-state index contributed by atoms with van der Waals surface area (Å²) < 4.78 is 5.62. The van der Waals surface area contributed by atoms with E-state index in [9.17, 15) is 0 Å². The summed E-state index contributed by atoms with van der Waals surface area (Å²) in [6.45, 7) is 2.10. The normalized spacial score (nSPS) is 40.2. The zero-order valence-corrected chi connectivity index (χ0v) is 12.3. The van der Waals surface area contributed by atoms with Gasteiger partial charge in [-0.15, -0.1) is 0 Å². The van der Waals surface area contributed by atoms with E-state index in [1.165, 1.54) is 32.1 Å². The minimum atomic E-state index is 0.152. The molecule has 0 saturated heterocycles. The molecule has 5 rings (SSSR count). The van der Waals surface area contributed by atoms with E-state index in [0.717, 1.165) is 48.2 Å². The maximum Gasteiger partial charge on any atom is 0.230 e. The number of nitrogens with two attached hydrogens (primary N) is 1. The van der Waals surface area contributed by atoms with Crippen molar-refractivity contribution in [3.05, 3.63) is 11.7 Å². The molecule has 0 radical (unpaired) electrons. The van der Waals surface area contributed by atoms with Gasteiger partial charge in [-0.25, -0.2) is 0 Å². The molecule has 1 heterocycles. The van der Waals surface area contributed by atoms with E-state index in [2.05, 4.69) is 17.1 Å². The summed E-state index contributed by atoms with van der Waals surface area (Å²) in [5.41, 5.74) is 5.99. The largest absolute Gasteiger partial charge is 0.339 e. The average molecular weight is 275 g/mol. The molecule has 1 aromatic heterocycles. The van der Waals surface area contributed by atoms with Crippen LogP contribution in [0.2, 0.25) is 0 Å². The van der Waals surface area contributed by atoms with Crippen LogP contribution in [0.1, 0.15) is 63.1 Å². The van der Waals surface area contributed by atoms with Crippen molar-refractivity contribution in [2.75, 3.05) is 0 Å². The predicted octanol–water partition coefficient (Wildman–Crippen LogP) is 2.89. The van der Waals surface area contributed by atoms with Crippen LogP contribution < -0.4 is 5.73 Å². The van der Waals surface area contributed by atoms with E-state index in [1.807, 2.05) is 0 Å². The molecule has 0 amide bonds. The maximum absolute atomic E-state index is 5.99. The molecule has 4 fully saturated rings. The second-order valence-electron chi connectivity index (χ2n) is 7.38. The van der Waals surface area contributed by atoms with Crippen molar-refractivity contribution in [1.29, 1.82) is 0 Å². The van der Waals surface area contributed by atoms with Crippen molar-refractivity contribution >= 4 is 0 Å². The number of hydrogen-bond acceptors (Lipinski definition) is 4. The van der Waals surface area contributed by atoms with E-state index in [0.29, 0.717) is 5.92 Å². The highest BCUT2D eigenvalue weighted by atomic mass is 16.5. The van der Waals surface area contributed by atoms with Gasteiger partial charge in [0.15, 0.2) is 5.82 Å².